The molecule has 1 aromatic carbocycles. The van der Waals surface area contributed by atoms with Crippen LogP contribution in [0.15, 0.2) is 24.3 Å². The molecule has 1 fully saturated rings. The van der Waals surface area contributed by atoms with Gasteiger partial charge in [-0.15, -0.1) is 0 Å². The zero-order valence-corrected chi connectivity index (χ0v) is 10.3. The number of rotatable bonds is 2. The highest BCUT2D eigenvalue weighted by molar-refractivity contribution is 5.97. The number of benzene rings is 1. The van der Waals surface area contributed by atoms with Gasteiger partial charge in [0.25, 0.3) is 5.91 Å². The second-order valence-electron chi connectivity index (χ2n) is 4.49. The first-order chi connectivity index (χ1) is 8.59. The summed E-state index contributed by atoms with van der Waals surface area (Å²) in [6.45, 7) is 3.54. The lowest BCUT2D eigenvalue weighted by Crippen LogP contribution is -2.58. The van der Waals surface area contributed by atoms with Crippen molar-refractivity contribution in [3.8, 4) is 0 Å². The molecule has 18 heavy (non-hydrogen) atoms. The summed E-state index contributed by atoms with van der Waals surface area (Å²) >= 11 is 0. The molecule has 0 saturated carbocycles. The van der Waals surface area contributed by atoms with E-state index in [2.05, 4.69) is 5.32 Å². The molecule has 1 aliphatic rings. The van der Waals surface area contributed by atoms with Crippen LogP contribution in [0.1, 0.15) is 15.9 Å². The smallest absolute Gasteiger partial charge is 0.254 e. The molecule has 2 amide bonds. The molecule has 0 aliphatic carbocycles. The van der Waals surface area contributed by atoms with Gasteiger partial charge in [-0.3, -0.25) is 9.59 Å². The molecule has 1 saturated heterocycles. The quantitative estimate of drug-likeness (QED) is 0.766. The highest BCUT2D eigenvalue weighted by Gasteiger charge is 2.30. The number of nitrogens with zero attached hydrogens (tertiary/aromatic N) is 1. The van der Waals surface area contributed by atoms with Crippen LogP contribution in [0.5, 0.6) is 0 Å². The average molecular weight is 247 g/mol. The van der Waals surface area contributed by atoms with Crippen LogP contribution in [0.2, 0.25) is 0 Å². The summed E-state index contributed by atoms with van der Waals surface area (Å²) < 4.78 is 0. The van der Waals surface area contributed by atoms with E-state index in [-0.39, 0.29) is 5.91 Å². The van der Waals surface area contributed by atoms with E-state index in [1.54, 1.807) is 11.0 Å². The van der Waals surface area contributed by atoms with E-state index in [1.165, 1.54) is 0 Å². The Morgan fingerprint density at radius 1 is 1.44 bits per heavy atom. The number of hydrogen-bond acceptors (Lipinski definition) is 3. The van der Waals surface area contributed by atoms with Crippen molar-refractivity contribution < 1.29 is 9.59 Å². The Morgan fingerprint density at radius 2 is 2.22 bits per heavy atom. The largest absolute Gasteiger partial charge is 0.368 e. The normalized spacial score (nSPS) is 19.6. The predicted molar refractivity (Wildman–Crippen MR) is 68.1 cm³/mol. The van der Waals surface area contributed by atoms with Crippen molar-refractivity contribution in [2.75, 3.05) is 19.6 Å². The van der Waals surface area contributed by atoms with Crippen molar-refractivity contribution in [1.29, 1.82) is 0 Å². The molecule has 5 heteroatoms. The highest BCUT2D eigenvalue weighted by atomic mass is 16.2. The van der Waals surface area contributed by atoms with Crippen molar-refractivity contribution in [3.63, 3.8) is 0 Å². The van der Waals surface area contributed by atoms with Gasteiger partial charge in [0.2, 0.25) is 5.91 Å². The van der Waals surface area contributed by atoms with Crippen LogP contribution in [-0.2, 0) is 4.79 Å². The molecule has 0 spiro atoms. The maximum atomic E-state index is 12.4. The first kappa shape index (κ1) is 12.6. The number of hydrogen-bond donors (Lipinski definition) is 2. The molecule has 3 N–H and O–H groups in total. The number of carbonyl (C=O) groups excluding carboxylic acids is 2. The summed E-state index contributed by atoms with van der Waals surface area (Å²) in [4.78, 5) is 25.3. The molecule has 0 radical (unpaired) electrons. The van der Waals surface area contributed by atoms with Gasteiger partial charge in [0.05, 0.1) is 0 Å². The van der Waals surface area contributed by atoms with Gasteiger partial charge < -0.3 is 16.0 Å². The van der Waals surface area contributed by atoms with Crippen LogP contribution >= 0.6 is 0 Å². The fraction of sp³-hybridized carbons (Fsp3) is 0.385. The molecule has 2 rings (SSSR count). The topological polar surface area (TPSA) is 75.4 Å². The monoisotopic (exact) mass is 247 g/mol. The summed E-state index contributed by atoms with van der Waals surface area (Å²) in [6.07, 6.45) is 0. The summed E-state index contributed by atoms with van der Waals surface area (Å²) in [7, 11) is 0. The number of piperazine rings is 1. The number of nitrogens with one attached hydrogen (secondary N) is 1. The van der Waals surface area contributed by atoms with Crippen LogP contribution in [0, 0.1) is 6.92 Å². The van der Waals surface area contributed by atoms with Crippen LogP contribution in [0.3, 0.4) is 0 Å². The van der Waals surface area contributed by atoms with E-state index >= 15 is 0 Å². The second-order valence-corrected chi connectivity index (χ2v) is 4.49. The average Bonchev–Trinajstić information content (AvgIpc) is 2.38. The molecule has 96 valence electrons. The molecule has 0 aromatic heterocycles. The Labute approximate surface area is 106 Å². The van der Waals surface area contributed by atoms with E-state index in [4.69, 9.17) is 5.73 Å². The van der Waals surface area contributed by atoms with E-state index in [0.29, 0.717) is 25.2 Å². The third kappa shape index (κ3) is 2.51. The fourth-order valence-electron chi connectivity index (χ4n) is 2.15. The van der Waals surface area contributed by atoms with Crippen LogP contribution < -0.4 is 11.1 Å². The maximum absolute atomic E-state index is 12.4. The number of aryl methyl sites for hydroxylation is 1. The third-order valence-electron chi connectivity index (χ3n) is 3.10. The second kappa shape index (κ2) is 5.18. The predicted octanol–water partition coefficient (Wildman–Crippen LogP) is -0.106. The molecule has 1 heterocycles. The lowest BCUT2D eigenvalue weighted by Gasteiger charge is -2.34. The van der Waals surface area contributed by atoms with Crippen molar-refractivity contribution >= 4 is 11.8 Å². The molecular formula is C13H17N3O2. The van der Waals surface area contributed by atoms with Crippen molar-refractivity contribution in [2.24, 2.45) is 5.73 Å². The summed E-state index contributed by atoms with van der Waals surface area (Å²) in [5.41, 5.74) is 6.95. The standard InChI is InChI=1S/C13H17N3O2/c1-9-3-2-4-10(7-9)13(18)16-6-5-15-8-11(16)12(14)17/h2-4,7,11,15H,5-6,8H2,1H3,(H2,14,17). The van der Waals surface area contributed by atoms with E-state index in [9.17, 15) is 9.59 Å². The first-order valence-electron chi connectivity index (χ1n) is 5.97. The molecule has 1 aliphatic heterocycles. The first-order valence-corrected chi connectivity index (χ1v) is 5.97. The molecular weight excluding hydrogens is 230 g/mol. The lowest BCUT2D eigenvalue weighted by atomic mass is 10.1. The molecule has 0 bridgehead atoms. The van der Waals surface area contributed by atoms with Crippen molar-refractivity contribution in [2.45, 2.75) is 13.0 Å². The van der Waals surface area contributed by atoms with E-state index < -0.39 is 11.9 Å². The SMILES string of the molecule is Cc1cccc(C(=O)N2CCNCC2C(N)=O)c1. The summed E-state index contributed by atoms with van der Waals surface area (Å²) in [6, 6.07) is 6.79. The zero-order valence-electron chi connectivity index (χ0n) is 10.3. The Kier molecular flexibility index (Phi) is 3.62. The number of primary amides is 1. The van der Waals surface area contributed by atoms with Crippen LogP contribution in [0.25, 0.3) is 0 Å². The Bertz CT molecular complexity index is 473. The van der Waals surface area contributed by atoms with Gasteiger partial charge in [-0.25, -0.2) is 0 Å². The fourth-order valence-corrected chi connectivity index (χ4v) is 2.15. The summed E-state index contributed by atoms with van der Waals surface area (Å²) in [5, 5.41) is 3.07. The van der Waals surface area contributed by atoms with Crippen LogP contribution in [-0.4, -0.2) is 42.4 Å². The minimum atomic E-state index is -0.563. The molecule has 5 nitrogen and oxygen atoms in total. The van der Waals surface area contributed by atoms with Crippen molar-refractivity contribution in [1.82, 2.24) is 10.2 Å². The van der Waals surface area contributed by atoms with Crippen LogP contribution in [0.4, 0.5) is 0 Å². The molecule has 1 atom stereocenters. The number of nitrogens with two attached hydrogens (primary N) is 1. The number of amides is 2. The van der Waals surface area contributed by atoms with Gasteiger partial charge in [0, 0.05) is 25.2 Å². The van der Waals surface area contributed by atoms with E-state index in [1.807, 2.05) is 25.1 Å². The van der Waals surface area contributed by atoms with Gasteiger partial charge in [0.1, 0.15) is 6.04 Å². The highest BCUT2D eigenvalue weighted by Crippen LogP contribution is 2.12. The Balaban J connectivity index is 2.23. The van der Waals surface area contributed by atoms with Gasteiger partial charge in [0.15, 0.2) is 0 Å². The minimum absolute atomic E-state index is 0.135. The molecule has 1 aromatic rings. The van der Waals surface area contributed by atoms with Gasteiger partial charge >= 0.3 is 0 Å². The minimum Gasteiger partial charge on any atom is -0.368 e. The Hall–Kier alpha value is -1.88. The van der Waals surface area contributed by atoms with Gasteiger partial charge in [-0.05, 0) is 19.1 Å². The third-order valence-corrected chi connectivity index (χ3v) is 3.10. The molecule has 1 unspecified atom stereocenters. The maximum Gasteiger partial charge on any atom is 0.254 e. The van der Waals surface area contributed by atoms with E-state index in [0.717, 1.165) is 5.56 Å². The van der Waals surface area contributed by atoms with Crippen molar-refractivity contribution in [3.05, 3.63) is 35.4 Å². The zero-order chi connectivity index (χ0) is 13.1. The van der Waals surface area contributed by atoms with Gasteiger partial charge in [-0.2, -0.15) is 0 Å². The summed E-state index contributed by atoms with van der Waals surface area (Å²) in [5.74, 6) is -0.604. The lowest BCUT2D eigenvalue weighted by molar-refractivity contribution is -0.122. The Morgan fingerprint density at radius 3 is 2.89 bits per heavy atom. The van der Waals surface area contributed by atoms with Gasteiger partial charge in [-0.1, -0.05) is 17.7 Å². The number of carbonyl (C=O) groups is 2.